The van der Waals surface area contributed by atoms with Crippen molar-refractivity contribution < 1.29 is 8.78 Å². The van der Waals surface area contributed by atoms with Gasteiger partial charge in [-0.15, -0.1) is 0 Å². The maximum atomic E-state index is 14.6. The molecule has 0 amide bonds. The first-order valence-corrected chi connectivity index (χ1v) is 11.2. The Bertz CT molecular complexity index is 779. The Morgan fingerprint density at radius 1 is 0.897 bits per heavy atom. The van der Waals surface area contributed by atoms with Gasteiger partial charge in [0.2, 0.25) is 0 Å². The number of hydrogen-bond acceptors (Lipinski definition) is 0. The Labute approximate surface area is 176 Å². The molecule has 1 aliphatic rings. The van der Waals surface area contributed by atoms with Gasteiger partial charge in [0, 0.05) is 6.07 Å². The summed E-state index contributed by atoms with van der Waals surface area (Å²) in [7, 11) is 0. The third-order valence-electron chi connectivity index (χ3n) is 5.81. The molecule has 0 radical (unpaired) electrons. The van der Waals surface area contributed by atoms with Crippen molar-refractivity contribution in [3.8, 4) is 0 Å². The van der Waals surface area contributed by atoms with Crippen LogP contribution in [0.1, 0.15) is 76.1 Å². The summed E-state index contributed by atoms with van der Waals surface area (Å²) in [6.07, 6.45) is 9.01. The number of aryl methyl sites for hydroxylation is 1. The van der Waals surface area contributed by atoms with E-state index in [4.69, 9.17) is 0 Å². The molecule has 2 unspecified atom stereocenters. The van der Waals surface area contributed by atoms with E-state index in [9.17, 15) is 8.78 Å². The standard InChI is InChI=1S/C25H30F2.C2H6/c1-4-19-5-7-20(8-6-19)9-10-22-15-23(26)16-25(27)24(22)14-21-12-17(2)11-18(3)13-21;1-2/h5-10,15-18,21H,4,11-14H2,1-3H3;1-2H3/b10-9+;. The molecule has 1 aliphatic carbocycles. The van der Waals surface area contributed by atoms with Gasteiger partial charge in [-0.3, -0.25) is 0 Å². The molecule has 2 heteroatoms. The van der Waals surface area contributed by atoms with Gasteiger partial charge in [0.25, 0.3) is 0 Å². The lowest BCUT2D eigenvalue weighted by atomic mass is 9.74. The zero-order chi connectivity index (χ0) is 21.4. The highest BCUT2D eigenvalue weighted by Gasteiger charge is 2.25. The lowest BCUT2D eigenvalue weighted by Gasteiger charge is -2.32. The van der Waals surface area contributed by atoms with Crippen molar-refractivity contribution in [1.29, 1.82) is 0 Å². The highest BCUT2D eigenvalue weighted by molar-refractivity contribution is 5.71. The zero-order valence-corrected chi connectivity index (χ0v) is 18.6. The van der Waals surface area contributed by atoms with Crippen molar-refractivity contribution in [2.75, 3.05) is 0 Å². The van der Waals surface area contributed by atoms with Gasteiger partial charge in [-0.25, -0.2) is 8.78 Å². The van der Waals surface area contributed by atoms with Crippen LogP contribution in [0.15, 0.2) is 36.4 Å². The molecule has 1 fully saturated rings. The molecule has 3 rings (SSSR count). The predicted octanol–water partition coefficient (Wildman–Crippen LogP) is 8.34. The van der Waals surface area contributed by atoms with Gasteiger partial charge in [-0.2, -0.15) is 0 Å². The van der Waals surface area contributed by atoms with Crippen LogP contribution in [0, 0.1) is 29.4 Å². The quantitative estimate of drug-likeness (QED) is 0.444. The van der Waals surface area contributed by atoms with Crippen LogP contribution in [0.4, 0.5) is 8.78 Å². The van der Waals surface area contributed by atoms with Gasteiger partial charge in [0.05, 0.1) is 0 Å². The molecule has 1 saturated carbocycles. The van der Waals surface area contributed by atoms with E-state index < -0.39 is 11.6 Å². The van der Waals surface area contributed by atoms with Gasteiger partial charge < -0.3 is 0 Å². The van der Waals surface area contributed by atoms with Crippen molar-refractivity contribution in [2.45, 2.75) is 66.7 Å². The van der Waals surface area contributed by atoms with E-state index in [1.54, 1.807) is 0 Å². The average Bonchev–Trinajstić information content (AvgIpc) is 2.70. The second-order valence-electron chi connectivity index (χ2n) is 8.37. The first-order chi connectivity index (χ1) is 13.9. The number of hydrogen-bond donors (Lipinski definition) is 0. The Balaban J connectivity index is 0.00000145. The molecule has 2 atom stereocenters. The summed E-state index contributed by atoms with van der Waals surface area (Å²) in [4.78, 5) is 0. The van der Waals surface area contributed by atoms with Crippen molar-refractivity contribution in [3.05, 3.63) is 70.3 Å². The molecule has 0 aromatic heterocycles. The normalized spacial score (nSPS) is 21.7. The maximum Gasteiger partial charge on any atom is 0.129 e. The van der Waals surface area contributed by atoms with Crippen LogP contribution < -0.4 is 0 Å². The summed E-state index contributed by atoms with van der Waals surface area (Å²) in [6, 6.07) is 10.8. The molecule has 0 spiro atoms. The molecule has 2 aromatic carbocycles. The van der Waals surface area contributed by atoms with Gasteiger partial charge in [-0.1, -0.05) is 71.0 Å². The largest absolute Gasteiger partial charge is 0.207 e. The Morgan fingerprint density at radius 2 is 1.52 bits per heavy atom. The third-order valence-corrected chi connectivity index (χ3v) is 5.81. The van der Waals surface area contributed by atoms with Crippen molar-refractivity contribution in [3.63, 3.8) is 0 Å². The second-order valence-corrected chi connectivity index (χ2v) is 8.37. The summed E-state index contributed by atoms with van der Waals surface area (Å²) in [5, 5.41) is 0. The highest BCUT2D eigenvalue weighted by Crippen LogP contribution is 2.36. The van der Waals surface area contributed by atoms with Gasteiger partial charge in [0.1, 0.15) is 11.6 Å². The lowest BCUT2D eigenvalue weighted by molar-refractivity contribution is 0.217. The summed E-state index contributed by atoms with van der Waals surface area (Å²) >= 11 is 0. The first-order valence-electron chi connectivity index (χ1n) is 11.2. The smallest absolute Gasteiger partial charge is 0.129 e. The van der Waals surface area contributed by atoms with E-state index in [2.05, 4.69) is 45.0 Å². The Morgan fingerprint density at radius 3 is 2.10 bits per heavy atom. The van der Waals surface area contributed by atoms with E-state index >= 15 is 0 Å². The van der Waals surface area contributed by atoms with Crippen LogP contribution in [0.3, 0.4) is 0 Å². The molecule has 0 heterocycles. The maximum absolute atomic E-state index is 14.6. The summed E-state index contributed by atoms with van der Waals surface area (Å²) in [6.45, 7) is 10.7. The Kier molecular flexibility index (Phi) is 9.07. The van der Waals surface area contributed by atoms with Crippen molar-refractivity contribution >= 4 is 12.2 Å². The van der Waals surface area contributed by atoms with Crippen molar-refractivity contribution in [2.24, 2.45) is 17.8 Å². The fourth-order valence-electron chi connectivity index (χ4n) is 4.61. The fourth-order valence-corrected chi connectivity index (χ4v) is 4.61. The number of benzene rings is 2. The zero-order valence-electron chi connectivity index (χ0n) is 18.6. The molecule has 2 aromatic rings. The fraction of sp³-hybridized carbons (Fsp3) is 0.481. The van der Waals surface area contributed by atoms with Crippen molar-refractivity contribution in [1.82, 2.24) is 0 Å². The van der Waals surface area contributed by atoms with Gasteiger partial charge >= 0.3 is 0 Å². The molecular weight excluding hydrogens is 362 g/mol. The van der Waals surface area contributed by atoms with E-state index in [1.165, 1.54) is 18.1 Å². The SMILES string of the molecule is CC.CCc1ccc(/C=C/c2cc(F)cc(F)c2CC2CC(C)CC(C)C2)cc1. The van der Waals surface area contributed by atoms with E-state index in [0.29, 0.717) is 35.3 Å². The van der Waals surface area contributed by atoms with Gasteiger partial charge in [-0.05, 0) is 78.2 Å². The van der Waals surface area contributed by atoms with Crippen LogP contribution in [0.25, 0.3) is 12.2 Å². The van der Waals surface area contributed by atoms with Crippen LogP contribution >= 0.6 is 0 Å². The van der Waals surface area contributed by atoms with Crippen LogP contribution in [-0.2, 0) is 12.8 Å². The lowest BCUT2D eigenvalue weighted by Crippen LogP contribution is -2.21. The summed E-state index contributed by atoms with van der Waals surface area (Å²) in [5.41, 5.74) is 3.65. The van der Waals surface area contributed by atoms with Crippen LogP contribution in [0.2, 0.25) is 0 Å². The summed E-state index contributed by atoms with van der Waals surface area (Å²) < 4.78 is 28.5. The minimum atomic E-state index is -0.511. The summed E-state index contributed by atoms with van der Waals surface area (Å²) in [5.74, 6) is 0.904. The first kappa shape index (κ1) is 23.3. The molecule has 0 nitrogen and oxygen atoms in total. The molecule has 0 N–H and O–H groups in total. The molecule has 0 saturated heterocycles. The molecule has 0 bridgehead atoms. The van der Waals surface area contributed by atoms with E-state index in [0.717, 1.165) is 30.9 Å². The monoisotopic (exact) mass is 398 g/mol. The predicted molar refractivity (Wildman–Crippen MR) is 122 cm³/mol. The second kappa shape index (κ2) is 11.3. The van der Waals surface area contributed by atoms with Gasteiger partial charge in [0.15, 0.2) is 0 Å². The average molecular weight is 399 g/mol. The topological polar surface area (TPSA) is 0 Å². The minimum absolute atomic E-state index is 0.415. The molecule has 0 aliphatic heterocycles. The van der Waals surface area contributed by atoms with E-state index in [1.807, 2.05) is 26.0 Å². The Hall–Kier alpha value is -1.96. The molecular formula is C27H36F2. The van der Waals surface area contributed by atoms with Crippen LogP contribution in [0.5, 0.6) is 0 Å². The third kappa shape index (κ3) is 6.80. The number of halogens is 2. The van der Waals surface area contributed by atoms with Crippen LogP contribution in [-0.4, -0.2) is 0 Å². The molecule has 29 heavy (non-hydrogen) atoms. The number of rotatable bonds is 5. The van der Waals surface area contributed by atoms with E-state index in [-0.39, 0.29) is 0 Å². The minimum Gasteiger partial charge on any atom is -0.207 e. The highest BCUT2D eigenvalue weighted by atomic mass is 19.1. The molecule has 158 valence electrons.